The maximum absolute atomic E-state index is 13.0. The van der Waals surface area contributed by atoms with E-state index in [1.165, 1.54) is 20.1 Å². The quantitative estimate of drug-likeness (QED) is 0.859. The summed E-state index contributed by atoms with van der Waals surface area (Å²) >= 11 is 0. The lowest BCUT2D eigenvalue weighted by Crippen LogP contribution is -2.36. The van der Waals surface area contributed by atoms with Gasteiger partial charge in [0.05, 0.1) is 5.56 Å². The van der Waals surface area contributed by atoms with Gasteiger partial charge >= 0.3 is 6.18 Å². The van der Waals surface area contributed by atoms with Gasteiger partial charge in [0, 0.05) is 33.2 Å². The molecule has 1 aliphatic rings. The van der Waals surface area contributed by atoms with Crippen molar-refractivity contribution in [3.63, 3.8) is 0 Å². The fourth-order valence-electron chi connectivity index (χ4n) is 2.62. The smallest absolute Gasteiger partial charge is 0.450 e. The van der Waals surface area contributed by atoms with Crippen molar-refractivity contribution in [1.82, 2.24) is 10.1 Å². The number of ether oxygens (including phenoxy) is 2. The monoisotopic (exact) mass is 332 g/mol. The molecule has 0 spiro atoms. The third kappa shape index (κ3) is 2.86. The number of furan rings is 1. The van der Waals surface area contributed by atoms with Gasteiger partial charge in [-0.15, -0.1) is 0 Å². The van der Waals surface area contributed by atoms with Gasteiger partial charge in [-0.1, -0.05) is 5.16 Å². The first-order valence-electron chi connectivity index (χ1n) is 7.01. The number of hydrogen-bond donors (Lipinski definition) is 0. The van der Waals surface area contributed by atoms with Crippen molar-refractivity contribution >= 4 is 0 Å². The minimum atomic E-state index is -4.64. The first-order valence-corrected chi connectivity index (χ1v) is 7.01. The van der Waals surface area contributed by atoms with E-state index in [2.05, 4.69) is 10.1 Å². The lowest BCUT2D eigenvalue weighted by Gasteiger charge is -2.32. The molecule has 0 aliphatic carbocycles. The van der Waals surface area contributed by atoms with Gasteiger partial charge in [-0.25, -0.2) is 0 Å². The average molecular weight is 332 g/mol. The molecule has 1 aliphatic heterocycles. The van der Waals surface area contributed by atoms with Gasteiger partial charge in [0.25, 0.3) is 5.89 Å². The molecule has 0 atom stereocenters. The van der Waals surface area contributed by atoms with E-state index in [4.69, 9.17) is 18.4 Å². The van der Waals surface area contributed by atoms with E-state index < -0.39 is 17.5 Å². The molecular formula is C14H15F3N2O4. The van der Waals surface area contributed by atoms with Crippen molar-refractivity contribution in [3.8, 4) is 11.5 Å². The van der Waals surface area contributed by atoms with E-state index in [1.54, 1.807) is 0 Å². The van der Waals surface area contributed by atoms with E-state index in [-0.39, 0.29) is 23.0 Å². The Labute approximate surface area is 129 Å². The van der Waals surface area contributed by atoms with Crippen LogP contribution < -0.4 is 0 Å². The SMILES string of the molecule is COC1(c2noc(-c3cc(C)oc3C(F)(F)F)n2)CCOCC1. The third-order valence-electron chi connectivity index (χ3n) is 3.87. The first kappa shape index (κ1) is 16.0. The number of hydrogen-bond acceptors (Lipinski definition) is 6. The van der Waals surface area contributed by atoms with E-state index in [9.17, 15) is 13.2 Å². The predicted octanol–water partition coefficient (Wildman–Crippen LogP) is 3.31. The summed E-state index contributed by atoms with van der Waals surface area (Å²) in [7, 11) is 1.50. The van der Waals surface area contributed by atoms with E-state index in [0.29, 0.717) is 26.1 Å². The first-order chi connectivity index (χ1) is 10.9. The number of aromatic nitrogens is 2. The Balaban J connectivity index is 2.00. The van der Waals surface area contributed by atoms with Crippen LogP contribution in [-0.2, 0) is 21.3 Å². The fourth-order valence-corrected chi connectivity index (χ4v) is 2.62. The fraction of sp³-hybridized carbons (Fsp3) is 0.571. The van der Waals surface area contributed by atoms with Crippen molar-refractivity contribution in [2.45, 2.75) is 31.5 Å². The van der Waals surface area contributed by atoms with Crippen LogP contribution >= 0.6 is 0 Å². The zero-order chi connectivity index (χ0) is 16.7. The van der Waals surface area contributed by atoms with Gasteiger partial charge < -0.3 is 18.4 Å². The van der Waals surface area contributed by atoms with Crippen LogP contribution in [0.4, 0.5) is 13.2 Å². The molecule has 23 heavy (non-hydrogen) atoms. The predicted molar refractivity (Wildman–Crippen MR) is 70.5 cm³/mol. The molecule has 0 unspecified atom stereocenters. The Morgan fingerprint density at radius 1 is 1.26 bits per heavy atom. The van der Waals surface area contributed by atoms with E-state index >= 15 is 0 Å². The maximum atomic E-state index is 13.0. The molecule has 0 amide bonds. The minimum absolute atomic E-state index is 0.111. The highest BCUT2D eigenvalue weighted by molar-refractivity contribution is 5.57. The summed E-state index contributed by atoms with van der Waals surface area (Å²) in [4.78, 5) is 4.12. The second-order valence-corrected chi connectivity index (χ2v) is 5.33. The Morgan fingerprint density at radius 3 is 2.57 bits per heavy atom. The van der Waals surface area contributed by atoms with Crippen molar-refractivity contribution in [2.75, 3.05) is 20.3 Å². The van der Waals surface area contributed by atoms with Crippen molar-refractivity contribution in [3.05, 3.63) is 23.4 Å². The molecule has 0 saturated carbocycles. The summed E-state index contributed by atoms with van der Waals surface area (Å²) in [5.41, 5.74) is -1.08. The van der Waals surface area contributed by atoms with Gasteiger partial charge in [-0.3, -0.25) is 0 Å². The molecule has 126 valence electrons. The van der Waals surface area contributed by atoms with Crippen LogP contribution in [0.25, 0.3) is 11.5 Å². The summed E-state index contributed by atoms with van der Waals surface area (Å²) in [6.07, 6.45) is -3.64. The lowest BCUT2D eigenvalue weighted by atomic mass is 9.93. The summed E-state index contributed by atoms with van der Waals surface area (Å²) < 4.78 is 59.6. The second-order valence-electron chi connectivity index (χ2n) is 5.33. The Bertz CT molecular complexity index is 686. The molecule has 3 heterocycles. The topological polar surface area (TPSA) is 70.5 Å². The van der Waals surface area contributed by atoms with Gasteiger partial charge in [0.15, 0.2) is 0 Å². The zero-order valence-corrected chi connectivity index (χ0v) is 12.6. The van der Waals surface area contributed by atoms with Gasteiger partial charge in [0.1, 0.15) is 11.4 Å². The van der Waals surface area contributed by atoms with Crippen molar-refractivity contribution in [1.29, 1.82) is 0 Å². The van der Waals surface area contributed by atoms with Crippen LogP contribution in [0, 0.1) is 6.92 Å². The van der Waals surface area contributed by atoms with Crippen molar-refractivity contribution < 1.29 is 31.6 Å². The molecule has 3 rings (SSSR count). The van der Waals surface area contributed by atoms with E-state index in [1.807, 2.05) is 0 Å². The Kier molecular flexibility index (Phi) is 3.93. The number of rotatable bonds is 3. The molecule has 1 saturated heterocycles. The Morgan fingerprint density at radius 2 is 1.96 bits per heavy atom. The maximum Gasteiger partial charge on any atom is 0.450 e. The highest BCUT2D eigenvalue weighted by Gasteiger charge is 2.42. The van der Waals surface area contributed by atoms with Gasteiger partial charge in [-0.05, 0) is 13.0 Å². The van der Waals surface area contributed by atoms with Crippen LogP contribution in [0.1, 0.15) is 30.2 Å². The molecule has 0 bridgehead atoms. The lowest BCUT2D eigenvalue weighted by molar-refractivity contribution is -0.152. The van der Waals surface area contributed by atoms with Crippen LogP contribution in [0.3, 0.4) is 0 Å². The van der Waals surface area contributed by atoms with Crippen molar-refractivity contribution in [2.24, 2.45) is 0 Å². The Hall–Kier alpha value is -1.87. The molecule has 0 radical (unpaired) electrons. The second kappa shape index (κ2) is 5.64. The highest BCUT2D eigenvalue weighted by atomic mass is 19.4. The summed E-state index contributed by atoms with van der Waals surface area (Å²) in [5.74, 6) is -1.07. The van der Waals surface area contributed by atoms with Gasteiger partial charge in [0.2, 0.25) is 11.6 Å². The van der Waals surface area contributed by atoms with Crippen LogP contribution in [0.5, 0.6) is 0 Å². The number of methoxy groups -OCH3 is 1. The molecule has 9 heteroatoms. The average Bonchev–Trinajstić information content (AvgIpc) is 3.14. The normalized spacial score (nSPS) is 18.3. The number of aryl methyl sites for hydroxylation is 1. The largest absolute Gasteiger partial charge is 0.456 e. The number of nitrogens with zero attached hydrogens (tertiary/aromatic N) is 2. The third-order valence-corrected chi connectivity index (χ3v) is 3.87. The molecule has 1 fully saturated rings. The van der Waals surface area contributed by atoms with Crippen LogP contribution in [-0.4, -0.2) is 30.5 Å². The molecular weight excluding hydrogens is 317 g/mol. The minimum Gasteiger partial charge on any atom is -0.456 e. The molecule has 2 aromatic rings. The van der Waals surface area contributed by atoms with Gasteiger partial charge in [-0.2, -0.15) is 18.2 Å². The van der Waals surface area contributed by atoms with Crippen LogP contribution in [0.2, 0.25) is 0 Å². The number of alkyl halides is 3. The molecule has 6 nitrogen and oxygen atoms in total. The summed E-state index contributed by atoms with van der Waals surface area (Å²) in [6.45, 7) is 2.33. The van der Waals surface area contributed by atoms with Crippen LogP contribution in [0.15, 0.2) is 15.0 Å². The molecule has 2 aromatic heterocycles. The summed E-state index contributed by atoms with van der Waals surface area (Å²) in [6, 6.07) is 1.23. The standard InChI is InChI=1S/C14H15F3N2O4/c1-8-7-9(10(22-8)14(15,16)17)11-18-12(19-23-11)13(20-2)3-5-21-6-4-13/h7H,3-6H2,1-2H3. The molecule has 0 aromatic carbocycles. The summed E-state index contributed by atoms with van der Waals surface area (Å²) in [5, 5.41) is 3.82. The van der Waals surface area contributed by atoms with E-state index in [0.717, 1.165) is 0 Å². The zero-order valence-electron chi connectivity index (χ0n) is 12.6. The number of halogens is 3. The highest BCUT2D eigenvalue weighted by Crippen LogP contribution is 2.40. The molecule has 0 N–H and O–H groups in total.